The Morgan fingerprint density at radius 3 is 2.80 bits per heavy atom. The van der Waals surface area contributed by atoms with Gasteiger partial charge in [0.1, 0.15) is 5.84 Å². The molecule has 184 valence electrons. The van der Waals surface area contributed by atoms with Crippen LogP contribution < -0.4 is 10.6 Å². The van der Waals surface area contributed by atoms with Gasteiger partial charge in [0, 0.05) is 29.2 Å². The molecule has 2 aliphatic heterocycles. The van der Waals surface area contributed by atoms with E-state index in [9.17, 15) is 18.3 Å². The summed E-state index contributed by atoms with van der Waals surface area (Å²) in [5.74, 6) is 0.679. The van der Waals surface area contributed by atoms with E-state index < -0.39 is 17.8 Å². The lowest BCUT2D eigenvalue weighted by Crippen LogP contribution is -2.24. The maximum absolute atomic E-state index is 13.1. The van der Waals surface area contributed by atoms with Crippen LogP contribution in [-0.4, -0.2) is 42.4 Å². The standard InChI is InChI=1S/C27H29F3N4O/c1-17-6-9-26(33-22(16-35)14-19-4-3-5-21(13-19)27(28,29)30)34-25(12-17)20-7-8-24-23(15-20)18(2)31-10-11-32-24/h3-9,12-13,15,17,22,32,35H,10-11,14,16H2,1-2H3,(H,33,34)/t17-,22?/m0/s1. The fraction of sp³-hybridized carbons (Fsp3) is 0.333. The second-order valence-electron chi connectivity index (χ2n) is 8.83. The highest BCUT2D eigenvalue weighted by molar-refractivity contribution is 6.05. The van der Waals surface area contributed by atoms with Crippen LogP contribution in [0.5, 0.6) is 0 Å². The number of hydrogen-bond donors (Lipinski definition) is 3. The van der Waals surface area contributed by atoms with E-state index in [-0.39, 0.29) is 18.9 Å². The number of nitrogens with one attached hydrogen (secondary N) is 2. The Labute approximate surface area is 203 Å². The van der Waals surface area contributed by atoms with Gasteiger partial charge >= 0.3 is 6.18 Å². The lowest BCUT2D eigenvalue weighted by Gasteiger charge is -2.17. The van der Waals surface area contributed by atoms with Crippen molar-refractivity contribution in [3.8, 4) is 0 Å². The summed E-state index contributed by atoms with van der Waals surface area (Å²) < 4.78 is 39.3. The van der Waals surface area contributed by atoms with Crippen LogP contribution >= 0.6 is 0 Å². The smallest absolute Gasteiger partial charge is 0.394 e. The number of aliphatic hydroxyl groups excluding tert-OH is 1. The number of benzodiazepines with no additional fused rings is 1. The molecule has 2 aromatic carbocycles. The fourth-order valence-electron chi connectivity index (χ4n) is 4.19. The van der Waals surface area contributed by atoms with Crippen LogP contribution in [-0.2, 0) is 12.6 Å². The second-order valence-corrected chi connectivity index (χ2v) is 8.83. The highest BCUT2D eigenvalue weighted by Gasteiger charge is 2.30. The third kappa shape index (κ3) is 6.19. The molecule has 2 heterocycles. The predicted octanol–water partition coefficient (Wildman–Crippen LogP) is 5.08. The van der Waals surface area contributed by atoms with Gasteiger partial charge in [-0.25, -0.2) is 0 Å². The molecule has 0 aliphatic carbocycles. The van der Waals surface area contributed by atoms with Crippen LogP contribution in [0.3, 0.4) is 0 Å². The zero-order chi connectivity index (χ0) is 25.0. The number of benzene rings is 2. The van der Waals surface area contributed by atoms with E-state index in [1.165, 1.54) is 6.07 Å². The Morgan fingerprint density at radius 2 is 2.03 bits per heavy atom. The summed E-state index contributed by atoms with van der Waals surface area (Å²) in [7, 11) is 0. The molecule has 35 heavy (non-hydrogen) atoms. The van der Waals surface area contributed by atoms with Crippen LogP contribution in [0.15, 0.2) is 70.7 Å². The molecule has 3 N–H and O–H groups in total. The molecule has 2 aromatic rings. The first-order valence-corrected chi connectivity index (χ1v) is 11.6. The lowest BCUT2D eigenvalue weighted by atomic mass is 10.0. The lowest BCUT2D eigenvalue weighted by molar-refractivity contribution is -0.137. The normalized spacial score (nSPS) is 20.1. The number of fused-ring (bicyclic) bond motifs is 1. The Kier molecular flexibility index (Phi) is 7.40. The van der Waals surface area contributed by atoms with Crippen molar-refractivity contribution >= 4 is 22.9 Å². The number of rotatable bonds is 5. The van der Waals surface area contributed by atoms with E-state index in [2.05, 4.69) is 39.7 Å². The highest BCUT2D eigenvalue weighted by Crippen LogP contribution is 2.30. The average molecular weight is 483 g/mol. The van der Waals surface area contributed by atoms with Gasteiger partial charge in [-0.3, -0.25) is 9.98 Å². The van der Waals surface area contributed by atoms with Crippen LogP contribution in [0.4, 0.5) is 18.9 Å². The van der Waals surface area contributed by atoms with Gasteiger partial charge in [-0.05, 0) is 54.7 Å². The number of anilines is 1. The number of halogens is 3. The van der Waals surface area contributed by atoms with Gasteiger partial charge in [0.2, 0.25) is 0 Å². The van der Waals surface area contributed by atoms with Crippen molar-refractivity contribution < 1.29 is 18.3 Å². The minimum Gasteiger partial charge on any atom is -0.394 e. The Morgan fingerprint density at radius 1 is 1.20 bits per heavy atom. The molecular weight excluding hydrogens is 453 g/mol. The van der Waals surface area contributed by atoms with Gasteiger partial charge in [-0.1, -0.05) is 43.3 Å². The Hall–Kier alpha value is -3.39. The number of aliphatic imine (C=N–C) groups is 2. The maximum Gasteiger partial charge on any atom is 0.416 e. The Balaban J connectivity index is 1.58. The zero-order valence-electron chi connectivity index (χ0n) is 19.7. The molecule has 0 radical (unpaired) electrons. The summed E-state index contributed by atoms with van der Waals surface area (Å²) in [6.45, 7) is 5.29. The Bertz CT molecular complexity index is 1200. The van der Waals surface area contributed by atoms with Gasteiger partial charge in [0.25, 0.3) is 0 Å². The van der Waals surface area contributed by atoms with Crippen LogP contribution in [0.25, 0.3) is 5.70 Å². The molecular formula is C27H29F3N4O. The summed E-state index contributed by atoms with van der Waals surface area (Å²) in [5.41, 5.74) is 4.68. The van der Waals surface area contributed by atoms with Crippen molar-refractivity contribution in [1.82, 2.24) is 5.32 Å². The molecule has 5 nitrogen and oxygen atoms in total. The van der Waals surface area contributed by atoms with Crippen molar-refractivity contribution in [2.24, 2.45) is 15.9 Å². The molecule has 0 saturated heterocycles. The van der Waals surface area contributed by atoms with Crippen molar-refractivity contribution in [2.75, 3.05) is 25.0 Å². The van der Waals surface area contributed by atoms with Crippen molar-refractivity contribution in [2.45, 2.75) is 32.5 Å². The number of amidine groups is 1. The number of hydrogen-bond acceptors (Lipinski definition) is 4. The molecule has 2 aliphatic rings. The van der Waals surface area contributed by atoms with Gasteiger partial charge in [-0.2, -0.15) is 13.2 Å². The van der Waals surface area contributed by atoms with Gasteiger partial charge in [0.15, 0.2) is 0 Å². The van der Waals surface area contributed by atoms with Crippen molar-refractivity contribution in [3.63, 3.8) is 0 Å². The first kappa shape index (κ1) is 24.7. The first-order chi connectivity index (χ1) is 16.7. The average Bonchev–Trinajstić information content (AvgIpc) is 3.13. The van der Waals surface area contributed by atoms with Gasteiger partial charge in [0.05, 0.1) is 24.8 Å². The monoisotopic (exact) mass is 482 g/mol. The quantitative estimate of drug-likeness (QED) is 0.557. The highest BCUT2D eigenvalue weighted by atomic mass is 19.4. The third-order valence-electron chi connectivity index (χ3n) is 6.00. The molecule has 2 atom stereocenters. The summed E-state index contributed by atoms with van der Waals surface area (Å²) in [6, 6.07) is 10.7. The molecule has 8 heteroatoms. The number of aliphatic hydroxyl groups is 1. The van der Waals surface area contributed by atoms with Crippen LogP contribution in [0.1, 0.15) is 36.1 Å². The van der Waals surface area contributed by atoms with E-state index in [1.54, 1.807) is 6.07 Å². The van der Waals surface area contributed by atoms with Gasteiger partial charge < -0.3 is 15.7 Å². The molecule has 0 fully saturated rings. The maximum atomic E-state index is 13.1. The molecule has 0 amide bonds. The summed E-state index contributed by atoms with van der Waals surface area (Å²) in [5, 5.41) is 16.7. The van der Waals surface area contributed by atoms with Crippen LogP contribution in [0.2, 0.25) is 0 Å². The van der Waals surface area contributed by atoms with E-state index in [0.29, 0.717) is 11.4 Å². The first-order valence-electron chi connectivity index (χ1n) is 11.6. The second kappa shape index (κ2) is 10.5. The topological polar surface area (TPSA) is 69.0 Å². The van der Waals surface area contributed by atoms with Crippen molar-refractivity contribution in [1.29, 1.82) is 0 Å². The van der Waals surface area contributed by atoms with Crippen molar-refractivity contribution in [3.05, 3.63) is 82.9 Å². The molecule has 0 spiro atoms. The predicted molar refractivity (Wildman–Crippen MR) is 135 cm³/mol. The summed E-state index contributed by atoms with van der Waals surface area (Å²) >= 11 is 0. The molecule has 0 saturated carbocycles. The molecule has 4 rings (SSSR count). The summed E-state index contributed by atoms with van der Waals surface area (Å²) in [6.07, 6.45) is 1.72. The zero-order valence-corrected chi connectivity index (χ0v) is 19.7. The van der Waals surface area contributed by atoms with E-state index in [1.807, 2.05) is 31.2 Å². The van der Waals surface area contributed by atoms with Crippen LogP contribution in [0, 0.1) is 5.92 Å². The van der Waals surface area contributed by atoms with Gasteiger partial charge in [-0.15, -0.1) is 0 Å². The fourth-order valence-corrected chi connectivity index (χ4v) is 4.19. The summed E-state index contributed by atoms with van der Waals surface area (Å²) in [4.78, 5) is 9.23. The van der Waals surface area contributed by atoms with E-state index >= 15 is 0 Å². The molecule has 0 bridgehead atoms. The van der Waals surface area contributed by atoms with E-state index in [4.69, 9.17) is 0 Å². The SMILES string of the molecule is CC1=NCCNc2ccc(C3=C[C@@H](C)C=CC(=NC(CO)Cc4cccc(C(F)(F)F)c4)N3)cc21. The third-order valence-corrected chi connectivity index (χ3v) is 6.00. The number of allylic oxidation sites excluding steroid dienone is 2. The molecule has 0 aromatic heterocycles. The van der Waals surface area contributed by atoms with E-state index in [0.717, 1.165) is 53.4 Å². The largest absolute Gasteiger partial charge is 0.416 e. The number of nitrogens with zero attached hydrogens (tertiary/aromatic N) is 2. The minimum absolute atomic E-state index is 0.132. The molecule has 1 unspecified atom stereocenters. The minimum atomic E-state index is -4.41. The number of alkyl halides is 3.